The molecule has 2 heterocycles. The fourth-order valence-electron chi connectivity index (χ4n) is 2.56. The van der Waals surface area contributed by atoms with Crippen molar-refractivity contribution in [2.24, 2.45) is 0 Å². The summed E-state index contributed by atoms with van der Waals surface area (Å²) < 4.78 is 7.42. The second-order valence-electron chi connectivity index (χ2n) is 5.41. The Hall–Kier alpha value is -2.63. The van der Waals surface area contributed by atoms with Gasteiger partial charge in [-0.25, -0.2) is 4.98 Å². The summed E-state index contributed by atoms with van der Waals surface area (Å²) >= 11 is 0. The van der Waals surface area contributed by atoms with E-state index in [2.05, 4.69) is 39.0 Å². The molecule has 0 saturated carbocycles. The molecular weight excluding hydrogens is 290 g/mol. The SMILES string of the molecule is CCN(CCOc1nc2nc(C)cc(C)n2n1)c1ccccc1. The predicted octanol–water partition coefficient (Wildman–Crippen LogP) is 2.65. The first kappa shape index (κ1) is 15.3. The molecule has 0 amide bonds. The van der Waals surface area contributed by atoms with Gasteiger partial charge in [0.2, 0.25) is 0 Å². The highest BCUT2D eigenvalue weighted by atomic mass is 16.5. The zero-order chi connectivity index (χ0) is 16.2. The number of hydrogen-bond acceptors (Lipinski definition) is 5. The van der Waals surface area contributed by atoms with Crippen molar-refractivity contribution in [3.8, 4) is 6.01 Å². The predicted molar refractivity (Wildman–Crippen MR) is 90.1 cm³/mol. The van der Waals surface area contributed by atoms with Crippen molar-refractivity contribution in [1.29, 1.82) is 0 Å². The maximum absolute atomic E-state index is 5.71. The standard InChI is InChI=1S/C17H21N5O/c1-4-21(15-8-6-5-7-9-15)10-11-23-17-19-16-18-13(2)12-14(3)22(16)20-17/h5-9,12H,4,10-11H2,1-3H3. The number of fused-ring (bicyclic) bond motifs is 1. The Bertz CT molecular complexity index is 784. The van der Waals surface area contributed by atoms with Crippen molar-refractivity contribution in [3.05, 3.63) is 47.8 Å². The van der Waals surface area contributed by atoms with E-state index in [0.29, 0.717) is 18.4 Å². The minimum absolute atomic E-state index is 0.371. The third kappa shape index (κ3) is 3.41. The molecule has 3 aromatic rings. The summed E-state index contributed by atoms with van der Waals surface area (Å²) in [7, 11) is 0. The Morgan fingerprint density at radius 2 is 1.91 bits per heavy atom. The Balaban J connectivity index is 1.65. The Morgan fingerprint density at radius 3 is 2.65 bits per heavy atom. The molecule has 23 heavy (non-hydrogen) atoms. The number of para-hydroxylation sites is 1. The second kappa shape index (κ2) is 6.64. The van der Waals surface area contributed by atoms with Crippen LogP contribution < -0.4 is 9.64 Å². The van der Waals surface area contributed by atoms with Gasteiger partial charge in [0.25, 0.3) is 5.78 Å². The van der Waals surface area contributed by atoms with E-state index in [-0.39, 0.29) is 0 Å². The number of benzene rings is 1. The summed E-state index contributed by atoms with van der Waals surface area (Å²) in [6.45, 7) is 8.28. The van der Waals surface area contributed by atoms with Crippen molar-refractivity contribution >= 4 is 11.5 Å². The van der Waals surface area contributed by atoms with Crippen molar-refractivity contribution in [2.75, 3.05) is 24.6 Å². The first-order valence-electron chi connectivity index (χ1n) is 7.81. The van der Waals surface area contributed by atoms with E-state index < -0.39 is 0 Å². The van der Waals surface area contributed by atoms with E-state index in [0.717, 1.165) is 24.5 Å². The van der Waals surface area contributed by atoms with Gasteiger partial charge in [-0.1, -0.05) is 18.2 Å². The average molecular weight is 311 g/mol. The number of hydrogen-bond donors (Lipinski definition) is 0. The van der Waals surface area contributed by atoms with Crippen LogP contribution in [0.4, 0.5) is 5.69 Å². The lowest BCUT2D eigenvalue weighted by molar-refractivity contribution is 0.299. The highest BCUT2D eigenvalue weighted by Crippen LogP contribution is 2.13. The minimum Gasteiger partial charge on any atom is -0.460 e. The van der Waals surface area contributed by atoms with Crippen LogP contribution in [0.2, 0.25) is 0 Å². The molecule has 0 unspecified atom stereocenters. The summed E-state index contributed by atoms with van der Waals surface area (Å²) in [5, 5.41) is 4.35. The normalized spacial score (nSPS) is 10.9. The zero-order valence-electron chi connectivity index (χ0n) is 13.7. The molecule has 0 fully saturated rings. The van der Waals surface area contributed by atoms with Gasteiger partial charge >= 0.3 is 6.01 Å². The number of ether oxygens (including phenoxy) is 1. The molecule has 6 nitrogen and oxygen atoms in total. The third-order valence-electron chi connectivity index (χ3n) is 3.69. The minimum atomic E-state index is 0.371. The maximum atomic E-state index is 5.71. The van der Waals surface area contributed by atoms with Gasteiger partial charge in [0.05, 0.1) is 6.54 Å². The van der Waals surface area contributed by atoms with E-state index in [1.807, 2.05) is 38.1 Å². The number of nitrogens with zero attached hydrogens (tertiary/aromatic N) is 5. The molecule has 0 aliphatic heterocycles. The van der Waals surface area contributed by atoms with Gasteiger partial charge in [-0.05, 0) is 39.0 Å². The molecule has 0 atom stereocenters. The molecule has 0 radical (unpaired) electrons. The summed E-state index contributed by atoms with van der Waals surface area (Å²) in [5.41, 5.74) is 3.11. The van der Waals surface area contributed by atoms with Gasteiger partial charge in [0, 0.05) is 23.6 Å². The number of anilines is 1. The molecule has 6 heteroatoms. The lowest BCUT2D eigenvalue weighted by Gasteiger charge is -2.22. The Morgan fingerprint density at radius 1 is 1.13 bits per heavy atom. The third-order valence-corrected chi connectivity index (χ3v) is 3.69. The Kier molecular flexibility index (Phi) is 4.41. The summed E-state index contributed by atoms with van der Waals surface area (Å²) in [6.07, 6.45) is 0. The van der Waals surface area contributed by atoms with Crippen molar-refractivity contribution < 1.29 is 4.74 Å². The van der Waals surface area contributed by atoms with Gasteiger partial charge in [-0.3, -0.25) is 0 Å². The highest BCUT2D eigenvalue weighted by Gasteiger charge is 2.09. The van der Waals surface area contributed by atoms with Crippen LogP contribution in [0.5, 0.6) is 6.01 Å². The van der Waals surface area contributed by atoms with E-state index in [9.17, 15) is 0 Å². The van der Waals surface area contributed by atoms with Crippen LogP contribution >= 0.6 is 0 Å². The fraction of sp³-hybridized carbons (Fsp3) is 0.353. The van der Waals surface area contributed by atoms with Crippen LogP contribution in [0.1, 0.15) is 18.3 Å². The largest absolute Gasteiger partial charge is 0.460 e. The van der Waals surface area contributed by atoms with Gasteiger partial charge in [-0.15, -0.1) is 5.10 Å². The van der Waals surface area contributed by atoms with Gasteiger partial charge < -0.3 is 9.64 Å². The molecule has 0 spiro atoms. The lowest BCUT2D eigenvalue weighted by atomic mass is 10.3. The molecule has 0 N–H and O–H groups in total. The molecule has 0 aliphatic rings. The molecule has 2 aromatic heterocycles. The van der Waals surface area contributed by atoms with Crippen molar-refractivity contribution in [2.45, 2.75) is 20.8 Å². The molecule has 120 valence electrons. The summed E-state index contributed by atoms with van der Waals surface area (Å²) in [6, 6.07) is 12.6. The van der Waals surface area contributed by atoms with Crippen LogP contribution in [-0.4, -0.2) is 39.3 Å². The molecule has 1 aromatic carbocycles. The molecule has 3 rings (SSSR count). The molecule has 0 saturated heterocycles. The second-order valence-corrected chi connectivity index (χ2v) is 5.41. The van der Waals surface area contributed by atoms with Crippen LogP contribution in [0.15, 0.2) is 36.4 Å². The Labute approximate surface area is 135 Å². The summed E-state index contributed by atoms with van der Waals surface area (Å²) in [4.78, 5) is 10.9. The number of likely N-dealkylation sites (N-methyl/N-ethyl adjacent to an activating group) is 1. The van der Waals surface area contributed by atoms with E-state index >= 15 is 0 Å². The quantitative estimate of drug-likeness (QED) is 0.700. The molecule has 0 bridgehead atoms. The van der Waals surface area contributed by atoms with E-state index in [4.69, 9.17) is 4.74 Å². The highest BCUT2D eigenvalue weighted by molar-refractivity contribution is 5.45. The van der Waals surface area contributed by atoms with E-state index in [1.165, 1.54) is 5.69 Å². The average Bonchev–Trinajstić information content (AvgIpc) is 2.95. The number of aromatic nitrogens is 4. The first-order chi connectivity index (χ1) is 11.2. The smallest absolute Gasteiger partial charge is 0.337 e. The molecule has 0 aliphatic carbocycles. The van der Waals surface area contributed by atoms with Crippen LogP contribution in [0.3, 0.4) is 0 Å². The molecular formula is C17H21N5O. The monoisotopic (exact) mass is 311 g/mol. The van der Waals surface area contributed by atoms with Crippen molar-refractivity contribution in [3.63, 3.8) is 0 Å². The van der Waals surface area contributed by atoms with Crippen LogP contribution in [0.25, 0.3) is 5.78 Å². The topological polar surface area (TPSA) is 55.5 Å². The summed E-state index contributed by atoms with van der Waals surface area (Å²) in [5.74, 6) is 0.577. The van der Waals surface area contributed by atoms with Gasteiger partial charge in [0.1, 0.15) is 6.61 Å². The van der Waals surface area contributed by atoms with Crippen LogP contribution in [0, 0.1) is 13.8 Å². The van der Waals surface area contributed by atoms with Gasteiger partial charge in [-0.2, -0.15) is 9.50 Å². The van der Waals surface area contributed by atoms with Crippen LogP contribution in [-0.2, 0) is 0 Å². The first-order valence-corrected chi connectivity index (χ1v) is 7.81. The van der Waals surface area contributed by atoms with Crippen molar-refractivity contribution in [1.82, 2.24) is 19.6 Å². The lowest BCUT2D eigenvalue weighted by Crippen LogP contribution is -2.28. The zero-order valence-corrected chi connectivity index (χ0v) is 13.7. The maximum Gasteiger partial charge on any atom is 0.337 e. The number of rotatable bonds is 6. The van der Waals surface area contributed by atoms with Gasteiger partial charge in [0.15, 0.2) is 0 Å². The fourth-order valence-corrected chi connectivity index (χ4v) is 2.56. The number of aryl methyl sites for hydroxylation is 2. The van der Waals surface area contributed by atoms with E-state index in [1.54, 1.807) is 4.52 Å².